The van der Waals surface area contributed by atoms with Crippen LogP contribution in [0, 0.1) is 0 Å². The highest BCUT2D eigenvalue weighted by molar-refractivity contribution is 7.92. The molecule has 0 saturated carbocycles. The molecule has 2 aromatic carbocycles. The topological polar surface area (TPSA) is 95.6 Å². The van der Waals surface area contributed by atoms with Crippen LogP contribution in [0.15, 0.2) is 48.5 Å². The molecule has 0 aliphatic carbocycles. The number of anilines is 2. The Hall–Kier alpha value is -3.08. The summed E-state index contributed by atoms with van der Waals surface area (Å²) in [6, 6.07) is 9.72. The summed E-state index contributed by atoms with van der Waals surface area (Å²) >= 11 is 0. The maximum atomic E-state index is 13.0. The number of nitrogens with one attached hydrogen (secondary N) is 2. The van der Waals surface area contributed by atoms with Crippen LogP contribution in [0.4, 0.5) is 24.5 Å². The SMILES string of the molecule is CC[C@H](C)NC(=O)c1ccccc1NC(=O)CN(c1cccc(C(F)(F)F)c1)S(C)(=O)=O. The van der Waals surface area contributed by atoms with Gasteiger partial charge in [0.1, 0.15) is 6.54 Å². The highest BCUT2D eigenvalue weighted by atomic mass is 32.2. The summed E-state index contributed by atoms with van der Waals surface area (Å²) in [5.74, 6) is -1.25. The second-order valence-corrected chi connectivity index (χ2v) is 9.10. The molecule has 0 bridgehead atoms. The van der Waals surface area contributed by atoms with E-state index in [0.29, 0.717) is 16.8 Å². The van der Waals surface area contributed by atoms with Crippen LogP contribution in [0.1, 0.15) is 36.2 Å². The molecular formula is C21H24F3N3O4S. The van der Waals surface area contributed by atoms with Crippen molar-refractivity contribution in [3.8, 4) is 0 Å². The van der Waals surface area contributed by atoms with Gasteiger partial charge in [-0.15, -0.1) is 0 Å². The van der Waals surface area contributed by atoms with Gasteiger partial charge in [-0.2, -0.15) is 13.2 Å². The van der Waals surface area contributed by atoms with E-state index in [2.05, 4.69) is 10.6 Å². The third-order valence-electron chi connectivity index (χ3n) is 4.58. The summed E-state index contributed by atoms with van der Waals surface area (Å²) in [7, 11) is -4.09. The van der Waals surface area contributed by atoms with Gasteiger partial charge < -0.3 is 10.6 Å². The van der Waals surface area contributed by atoms with E-state index in [9.17, 15) is 31.2 Å². The highest BCUT2D eigenvalue weighted by Gasteiger charge is 2.32. The lowest BCUT2D eigenvalue weighted by atomic mass is 10.1. The minimum atomic E-state index is -4.68. The Kier molecular flexibility index (Phi) is 7.89. The molecule has 11 heteroatoms. The largest absolute Gasteiger partial charge is 0.416 e. The number of amides is 2. The van der Waals surface area contributed by atoms with Crippen molar-refractivity contribution < 1.29 is 31.2 Å². The first-order valence-corrected chi connectivity index (χ1v) is 11.5. The molecule has 0 aliphatic heterocycles. The van der Waals surface area contributed by atoms with Gasteiger partial charge in [-0.3, -0.25) is 13.9 Å². The molecule has 0 unspecified atom stereocenters. The van der Waals surface area contributed by atoms with E-state index in [1.54, 1.807) is 12.1 Å². The molecular weight excluding hydrogens is 447 g/mol. The standard InChI is InChI=1S/C21H24F3N3O4S/c1-4-14(2)25-20(29)17-10-5-6-11-18(17)26-19(28)13-27(32(3,30)31)16-9-7-8-15(12-16)21(22,23)24/h5-12,14H,4,13H2,1-3H3,(H,25,29)(H,26,28)/t14-/m0/s1. The van der Waals surface area contributed by atoms with Gasteiger partial charge in [0.05, 0.1) is 28.8 Å². The maximum absolute atomic E-state index is 13.0. The van der Waals surface area contributed by atoms with Crippen LogP contribution in [-0.2, 0) is 21.0 Å². The summed E-state index contributed by atoms with van der Waals surface area (Å²) in [5.41, 5.74) is -1.03. The maximum Gasteiger partial charge on any atom is 0.416 e. The fourth-order valence-electron chi connectivity index (χ4n) is 2.75. The second-order valence-electron chi connectivity index (χ2n) is 7.19. The molecule has 2 amide bonds. The van der Waals surface area contributed by atoms with E-state index in [4.69, 9.17) is 0 Å². The molecule has 0 heterocycles. The molecule has 2 aromatic rings. The first kappa shape index (κ1) is 25.2. The lowest BCUT2D eigenvalue weighted by Crippen LogP contribution is -2.38. The molecule has 0 fully saturated rings. The van der Waals surface area contributed by atoms with Crippen LogP contribution < -0.4 is 14.9 Å². The number of alkyl halides is 3. The fraction of sp³-hybridized carbons (Fsp3) is 0.333. The normalized spacial score (nSPS) is 12.7. The number of para-hydroxylation sites is 1. The fourth-order valence-corrected chi connectivity index (χ4v) is 3.60. The van der Waals surface area contributed by atoms with Gasteiger partial charge >= 0.3 is 6.18 Å². The lowest BCUT2D eigenvalue weighted by molar-refractivity contribution is -0.137. The number of carbonyl (C=O) groups excluding carboxylic acids is 2. The van der Waals surface area contributed by atoms with E-state index >= 15 is 0 Å². The lowest BCUT2D eigenvalue weighted by Gasteiger charge is -2.23. The van der Waals surface area contributed by atoms with Crippen LogP contribution >= 0.6 is 0 Å². The minimum Gasteiger partial charge on any atom is -0.350 e. The Balaban J connectivity index is 2.28. The molecule has 32 heavy (non-hydrogen) atoms. The average molecular weight is 472 g/mol. The second kappa shape index (κ2) is 10.0. The van der Waals surface area contributed by atoms with Crippen molar-refractivity contribution in [3.05, 3.63) is 59.7 Å². The molecule has 0 aromatic heterocycles. The monoisotopic (exact) mass is 471 g/mol. The molecule has 1 atom stereocenters. The molecule has 0 saturated heterocycles. The van der Waals surface area contributed by atoms with Crippen LogP contribution in [0.25, 0.3) is 0 Å². The summed E-state index contributed by atoms with van der Waals surface area (Å²) in [4.78, 5) is 25.1. The number of hydrogen-bond acceptors (Lipinski definition) is 4. The van der Waals surface area contributed by atoms with E-state index in [-0.39, 0.29) is 23.0 Å². The molecule has 2 rings (SSSR count). The van der Waals surface area contributed by atoms with Crippen molar-refractivity contribution in [2.45, 2.75) is 32.5 Å². The zero-order valence-electron chi connectivity index (χ0n) is 17.7. The third kappa shape index (κ3) is 6.71. The van der Waals surface area contributed by atoms with Gasteiger partial charge in [0.25, 0.3) is 5.91 Å². The number of hydrogen-bond donors (Lipinski definition) is 2. The number of rotatable bonds is 8. The van der Waals surface area contributed by atoms with Gasteiger partial charge in [0, 0.05) is 6.04 Å². The Labute approximate surface area is 184 Å². The van der Waals surface area contributed by atoms with Crippen LogP contribution in [0.5, 0.6) is 0 Å². The van der Waals surface area contributed by atoms with Gasteiger partial charge in [0.2, 0.25) is 15.9 Å². The first-order chi connectivity index (χ1) is 14.8. The van der Waals surface area contributed by atoms with Crippen molar-refractivity contribution in [1.82, 2.24) is 5.32 Å². The van der Waals surface area contributed by atoms with Gasteiger partial charge in [-0.05, 0) is 43.7 Å². The molecule has 0 spiro atoms. The van der Waals surface area contributed by atoms with Crippen LogP contribution in [0.2, 0.25) is 0 Å². The Morgan fingerprint density at radius 3 is 2.34 bits per heavy atom. The van der Waals surface area contributed by atoms with E-state index in [1.807, 2.05) is 13.8 Å². The van der Waals surface area contributed by atoms with Crippen molar-refractivity contribution in [2.75, 3.05) is 22.4 Å². The van der Waals surface area contributed by atoms with Crippen molar-refractivity contribution in [1.29, 1.82) is 0 Å². The zero-order valence-corrected chi connectivity index (χ0v) is 18.5. The van der Waals surface area contributed by atoms with E-state index < -0.39 is 40.1 Å². The van der Waals surface area contributed by atoms with E-state index in [0.717, 1.165) is 24.5 Å². The smallest absolute Gasteiger partial charge is 0.350 e. The molecule has 0 aliphatic rings. The zero-order chi connectivity index (χ0) is 24.1. The molecule has 0 radical (unpaired) electrons. The highest BCUT2D eigenvalue weighted by Crippen LogP contribution is 2.32. The number of benzene rings is 2. The predicted molar refractivity (Wildman–Crippen MR) is 116 cm³/mol. The van der Waals surface area contributed by atoms with Crippen molar-refractivity contribution in [3.63, 3.8) is 0 Å². The summed E-state index contributed by atoms with van der Waals surface area (Å²) < 4.78 is 64.1. The molecule has 174 valence electrons. The first-order valence-electron chi connectivity index (χ1n) is 9.67. The minimum absolute atomic E-state index is 0.104. The summed E-state index contributed by atoms with van der Waals surface area (Å²) in [5, 5.41) is 5.24. The van der Waals surface area contributed by atoms with E-state index in [1.165, 1.54) is 12.1 Å². The Bertz CT molecular complexity index is 1090. The third-order valence-corrected chi connectivity index (χ3v) is 5.73. The molecule has 2 N–H and O–H groups in total. The molecule has 7 nitrogen and oxygen atoms in total. The van der Waals surface area contributed by atoms with Gasteiger partial charge in [-0.1, -0.05) is 25.1 Å². The number of carbonyl (C=O) groups is 2. The van der Waals surface area contributed by atoms with Crippen LogP contribution in [0.3, 0.4) is 0 Å². The number of sulfonamides is 1. The quantitative estimate of drug-likeness (QED) is 0.615. The van der Waals surface area contributed by atoms with Gasteiger partial charge in [0.15, 0.2) is 0 Å². The number of halogens is 3. The summed E-state index contributed by atoms with van der Waals surface area (Å²) in [6.45, 7) is 2.94. The predicted octanol–water partition coefficient (Wildman–Crippen LogP) is 3.64. The summed E-state index contributed by atoms with van der Waals surface area (Å²) in [6.07, 6.45) is -3.20. The Morgan fingerprint density at radius 1 is 1.09 bits per heavy atom. The van der Waals surface area contributed by atoms with Crippen molar-refractivity contribution >= 4 is 33.2 Å². The Morgan fingerprint density at radius 2 is 1.75 bits per heavy atom. The average Bonchev–Trinajstić information content (AvgIpc) is 2.71. The van der Waals surface area contributed by atoms with Crippen LogP contribution in [-0.4, -0.2) is 39.1 Å². The van der Waals surface area contributed by atoms with Crippen molar-refractivity contribution in [2.24, 2.45) is 0 Å². The van der Waals surface area contributed by atoms with Gasteiger partial charge in [-0.25, -0.2) is 8.42 Å². The number of nitrogens with zero attached hydrogens (tertiary/aromatic N) is 1.